The van der Waals surface area contributed by atoms with Gasteiger partial charge >= 0.3 is 0 Å². The highest BCUT2D eigenvalue weighted by molar-refractivity contribution is 7.89. The third-order valence-corrected chi connectivity index (χ3v) is 5.75. The number of carbonyl (C=O) groups excluding carboxylic acids is 1. The number of nitrogens with one attached hydrogen (secondary N) is 1. The van der Waals surface area contributed by atoms with Crippen LogP contribution in [0.1, 0.15) is 26.5 Å². The maximum Gasteiger partial charge on any atom is 0.284 e. The lowest BCUT2D eigenvalue weighted by atomic mass is 10.1. The number of aromatic nitrogens is 1. The molecule has 31 heavy (non-hydrogen) atoms. The van der Waals surface area contributed by atoms with Gasteiger partial charge in [0, 0.05) is 16.1 Å². The third-order valence-electron chi connectivity index (χ3n) is 4.20. The molecule has 0 spiro atoms. The Hall–Kier alpha value is -3.36. The zero-order valence-corrected chi connectivity index (χ0v) is 18.0. The summed E-state index contributed by atoms with van der Waals surface area (Å²) in [5.74, 6) is -2.40. The van der Waals surface area contributed by atoms with Gasteiger partial charge < -0.3 is 4.90 Å². The van der Waals surface area contributed by atoms with Crippen LogP contribution in [0.5, 0.6) is 0 Å². The van der Waals surface area contributed by atoms with Crippen LogP contribution in [0.15, 0.2) is 42.5 Å². The maximum absolute atomic E-state index is 14.3. The van der Waals surface area contributed by atoms with Crippen molar-refractivity contribution in [1.29, 1.82) is 5.26 Å². The van der Waals surface area contributed by atoms with Crippen molar-refractivity contribution in [3.63, 3.8) is 0 Å². The van der Waals surface area contributed by atoms with E-state index in [-0.39, 0.29) is 22.9 Å². The molecule has 11 heteroatoms. The van der Waals surface area contributed by atoms with Crippen molar-refractivity contribution in [3.8, 4) is 6.07 Å². The molecule has 3 rings (SSSR count). The lowest BCUT2D eigenvalue weighted by Crippen LogP contribution is -2.30. The number of carbonyl (C=O) groups is 1. The van der Waals surface area contributed by atoms with Gasteiger partial charge in [0.15, 0.2) is 5.13 Å². The summed E-state index contributed by atoms with van der Waals surface area (Å²) in [5, 5.41) is 9.24. The molecule has 160 valence electrons. The Morgan fingerprint density at radius 1 is 1.19 bits per heavy atom. The molecule has 0 aliphatic rings. The van der Waals surface area contributed by atoms with Gasteiger partial charge in [0.05, 0.1) is 24.4 Å². The van der Waals surface area contributed by atoms with Crippen LogP contribution in [-0.2, 0) is 16.6 Å². The van der Waals surface area contributed by atoms with Crippen molar-refractivity contribution in [2.75, 3.05) is 11.2 Å². The van der Waals surface area contributed by atoms with Crippen molar-refractivity contribution in [2.24, 2.45) is 0 Å². The first-order valence-corrected chi connectivity index (χ1v) is 11.5. The van der Waals surface area contributed by atoms with E-state index in [0.717, 1.165) is 29.7 Å². The fourth-order valence-electron chi connectivity index (χ4n) is 2.75. The zero-order chi connectivity index (χ0) is 22.8. The van der Waals surface area contributed by atoms with E-state index in [1.54, 1.807) is 19.1 Å². The van der Waals surface area contributed by atoms with Gasteiger partial charge in [-0.05, 0) is 43.3 Å². The van der Waals surface area contributed by atoms with Gasteiger partial charge in [0.1, 0.15) is 17.3 Å². The number of hydrogen-bond acceptors (Lipinski definition) is 7. The smallest absolute Gasteiger partial charge is 0.284 e. The number of benzene rings is 2. The van der Waals surface area contributed by atoms with E-state index in [2.05, 4.69) is 4.98 Å². The molecule has 0 aliphatic heterocycles. The van der Waals surface area contributed by atoms with Gasteiger partial charge in [-0.2, -0.15) is 5.26 Å². The largest absolute Gasteiger partial charge is 0.313 e. The summed E-state index contributed by atoms with van der Waals surface area (Å²) in [6, 6.07) is 11.8. The number of amides is 1. The third kappa shape index (κ3) is 5.22. The van der Waals surface area contributed by atoms with Crippen LogP contribution in [0.4, 0.5) is 19.6 Å². The van der Waals surface area contributed by atoms with Gasteiger partial charge in [-0.1, -0.05) is 6.07 Å². The molecular weight excluding hydrogens is 446 g/mol. The summed E-state index contributed by atoms with van der Waals surface area (Å²) in [7, 11) is -3.80. The van der Waals surface area contributed by atoms with E-state index in [4.69, 9.17) is 5.26 Å². The Morgan fingerprint density at radius 3 is 2.35 bits per heavy atom. The van der Waals surface area contributed by atoms with Crippen molar-refractivity contribution < 1.29 is 22.0 Å². The standard InChI is InChI=1S/C20H16F2N4O3S2/c1-12-18(19(27)25-31(2,28)29)24-20(30-12)26(14-8-6-13(10-23)7-9-14)11-15-16(21)4-3-5-17(15)22/h3-9H,11H2,1-2H3,(H,25,27). The molecule has 1 amide bonds. The topological polar surface area (TPSA) is 103 Å². The van der Waals surface area contributed by atoms with Gasteiger partial charge in [-0.25, -0.2) is 26.9 Å². The predicted octanol–water partition coefficient (Wildman–Crippen LogP) is 3.63. The van der Waals surface area contributed by atoms with E-state index < -0.39 is 27.6 Å². The molecule has 0 atom stereocenters. The lowest BCUT2D eigenvalue weighted by molar-refractivity contribution is 0.0977. The summed E-state index contributed by atoms with van der Waals surface area (Å²) >= 11 is 1.06. The first kappa shape index (κ1) is 22.3. The summed E-state index contributed by atoms with van der Waals surface area (Å²) in [6.45, 7) is 1.34. The highest BCUT2D eigenvalue weighted by Gasteiger charge is 2.24. The molecule has 1 heterocycles. The number of nitrogens with zero attached hydrogens (tertiary/aromatic N) is 3. The fourth-order valence-corrected chi connectivity index (χ4v) is 4.11. The number of rotatable bonds is 6. The normalized spacial score (nSPS) is 11.1. The number of hydrogen-bond donors (Lipinski definition) is 1. The Kier molecular flexibility index (Phi) is 6.33. The second kappa shape index (κ2) is 8.79. The van der Waals surface area contributed by atoms with Crippen molar-refractivity contribution in [2.45, 2.75) is 13.5 Å². The molecule has 1 aromatic heterocycles. The first-order chi connectivity index (χ1) is 14.6. The average molecular weight is 463 g/mol. The molecule has 0 saturated carbocycles. The predicted molar refractivity (Wildman–Crippen MR) is 113 cm³/mol. The van der Waals surface area contributed by atoms with Crippen molar-refractivity contribution in [1.82, 2.24) is 9.71 Å². The van der Waals surface area contributed by atoms with Crippen molar-refractivity contribution in [3.05, 3.63) is 75.8 Å². The van der Waals surface area contributed by atoms with Crippen LogP contribution in [0.2, 0.25) is 0 Å². The van der Waals surface area contributed by atoms with Crippen LogP contribution in [0.3, 0.4) is 0 Å². The molecule has 0 unspecified atom stereocenters. The van der Waals surface area contributed by atoms with Crippen LogP contribution in [-0.4, -0.2) is 25.6 Å². The molecule has 0 aliphatic carbocycles. The molecule has 0 fully saturated rings. The molecular formula is C20H16F2N4O3S2. The fraction of sp³-hybridized carbons (Fsp3) is 0.150. The number of aryl methyl sites for hydroxylation is 1. The molecule has 0 saturated heterocycles. The Balaban J connectivity index is 2.07. The minimum atomic E-state index is -3.80. The average Bonchev–Trinajstić information content (AvgIpc) is 3.08. The quantitative estimate of drug-likeness (QED) is 0.600. The highest BCUT2D eigenvalue weighted by Crippen LogP contribution is 2.34. The van der Waals surface area contributed by atoms with E-state index >= 15 is 0 Å². The number of halogens is 2. The minimum absolute atomic E-state index is 0.113. The van der Waals surface area contributed by atoms with Crippen LogP contribution < -0.4 is 9.62 Å². The molecule has 0 radical (unpaired) electrons. The van der Waals surface area contributed by atoms with E-state index in [0.29, 0.717) is 16.1 Å². The second-order valence-corrected chi connectivity index (χ2v) is 9.48. The number of anilines is 2. The summed E-state index contributed by atoms with van der Waals surface area (Å²) in [6.07, 6.45) is 0.845. The van der Waals surface area contributed by atoms with Crippen LogP contribution >= 0.6 is 11.3 Å². The molecule has 1 N–H and O–H groups in total. The van der Waals surface area contributed by atoms with E-state index in [1.807, 2.05) is 10.8 Å². The lowest BCUT2D eigenvalue weighted by Gasteiger charge is -2.22. The first-order valence-electron chi connectivity index (χ1n) is 8.79. The Bertz CT molecular complexity index is 1260. The highest BCUT2D eigenvalue weighted by atomic mass is 32.2. The number of nitriles is 1. The molecule has 7 nitrogen and oxygen atoms in total. The van der Waals surface area contributed by atoms with E-state index in [9.17, 15) is 22.0 Å². The summed E-state index contributed by atoms with van der Waals surface area (Å²) in [5.41, 5.74) is 0.551. The minimum Gasteiger partial charge on any atom is -0.313 e. The van der Waals surface area contributed by atoms with Gasteiger partial charge in [0.2, 0.25) is 10.0 Å². The van der Waals surface area contributed by atoms with Crippen LogP contribution in [0.25, 0.3) is 0 Å². The SMILES string of the molecule is Cc1sc(N(Cc2c(F)cccc2F)c2ccc(C#N)cc2)nc1C(=O)NS(C)(=O)=O. The monoisotopic (exact) mass is 462 g/mol. The van der Waals surface area contributed by atoms with Gasteiger partial charge in [-0.15, -0.1) is 11.3 Å². The van der Waals surface area contributed by atoms with Gasteiger partial charge in [0.25, 0.3) is 5.91 Å². The van der Waals surface area contributed by atoms with Gasteiger partial charge in [-0.3, -0.25) is 4.79 Å². The Morgan fingerprint density at radius 2 is 1.81 bits per heavy atom. The molecule has 0 bridgehead atoms. The summed E-state index contributed by atoms with van der Waals surface area (Å²) in [4.78, 5) is 18.4. The number of sulfonamides is 1. The molecule has 3 aromatic rings. The second-order valence-electron chi connectivity index (χ2n) is 6.55. The van der Waals surface area contributed by atoms with E-state index in [1.165, 1.54) is 23.1 Å². The van der Waals surface area contributed by atoms with Crippen LogP contribution in [0, 0.1) is 29.9 Å². The summed E-state index contributed by atoms with van der Waals surface area (Å²) < 4.78 is 53.2. The number of thiazole rings is 1. The zero-order valence-electron chi connectivity index (χ0n) is 16.4. The molecule has 2 aromatic carbocycles. The maximum atomic E-state index is 14.3. The van der Waals surface area contributed by atoms with Crippen molar-refractivity contribution >= 4 is 38.1 Å². The Labute approximate surface area is 181 Å².